The Morgan fingerprint density at radius 1 is 0.386 bits per heavy atom. The molecule has 1 heterocycles. The Hall–Kier alpha value is -5.86. The highest BCUT2D eigenvalue weighted by molar-refractivity contribution is 6.20. The van der Waals surface area contributed by atoms with E-state index in [1.54, 1.807) is 0 Å². The molecule has 0 saturated carbocycles. The summed E-state index contributed by atoms with van der Waals surface area (Å²) < 4.78 is 6.34. The Morgan fingerprint density at radius 2 is 1.02 bits per heavy atom. The van der Waals surface area contributed by atoms with Crippen molar-refractivity contribution in [2.45, 2.75) is 0 Å². The van der Waals surface area contributed by atoms with E-state index in [2.05, 4.69) is 157 Å². The normalized spacial score (nSPS) is 11.6. The van der Waals surface area contributed by atoms with Crippen LogP contribution in [0.4, 0.5) is 17.1 Å². The van der Waals surface area contributed by atoms with E-state index in [0.717, 1.165) is 50.1 Å². The van der Waals surface area contributed by atoms with Gasteiger partial charge < -0.3 is 9.32 Å². The molecule has 0 fully saturated rings. The first-order valence-electron chi connectivity index (χ1n) is 15.0. The van der Waals surface area contributed by atoms with Gasteiger partial charge in [-0.05, 0) is 80.3 Å². The van der Waals surface area contributed by atoms with E-state index in [1.165, 1.54) is 32.3 Å². The molecule has 44 heavy (non-hydrogen) atoms. The average molecular weight is 562 g/mol. The quantitative estimate of drug-likeness (QED) is 0.199. The second-order valence-electron chi connectivity index (χ2n) is 11.4. The van der Waals surface area contributed by atoms with Gasteiger partial charge >= 0.3 is 0 Å². The molecule has 8 aromatic carbocycles. The Kier molecular flexibility index (Phi) is 5.54. The first-order valence-corrected chi connectivity index (χ1v) is 15.0. The van der Waals surface area contributed by atoms with Crippen molar-refractivity contribution in [2.75, 3.05) is 4.90 Å². The number of anilines is 3. The zero-order valence-electron chi connectivity index (χ0n) is 23.9. The van der Waals surface area contributed by atoms with Crippen LogP contribution < -0.4 is 4.90 Å². The van der Waals surface area contributed by atoms with Gasteiger partial charge in [-0.3, -0.25) is 0 Å². The summed E-state index contributed by atoms with van der Waals surface area (Å²) in [5, 5.41) is 9.91. The summed E-state index contributed by atoms with van der Waals surface area (Å²) in [6, 6.07) is 58.5. The lowest BCUT2D eigenvalue weighted by Gasteiger charge is -2.26. The molecule has 0 unspecified atom stereocenters. The molecule has 0 spiro atoms. The minimum absolute atomic E-state index is 0.916. The molecule has 0 aliphatic carbocycles. The first-order chi connectivity index (χ1) is 21.8. The Balaban J connectivity index is 1.18. The van der Waals surface area contributed by atoms with Gasteiger partial charge in [0.1, 0.15) is 11.2 Å². The predicted molar refractivity (Wildman–Crippen MR) is 186 cm³/mol. The van der Waals surface area contributed by atoms with Crippen LogP contribution in [0.3, 0.4) is 0 Å². The largest absolute Gasteiger partial charge is 0.455 e. The molecule has 0 atom stereocenters. The van der Waals surface area contributed by atoms with E-state index in [9.17, 15) is 0 Å². The predicted octanol–water partition coefficient (Wildman–Crippen LogP) is 12.2. The highest BCUT2D eigenvalue weighted by atomic mass is 16.3. The van der Waals surface area contributed by atoms with E-state index in [0.29, 0.717) is 0 Å². The zero-order valence-corrected chi connectivity index (χ0v) is 23.9. The fraction of sp³-hybridized carbons (Fsp3) is 0. The van der Waals surface area contributed by atoms with Crippen molar-refractivity contribution in [2.24, 2.45) is 0 Å². The van der Waals surface area contributed by atoms with Gasteiger partial charge in [-0.2, -0.15) is 0 Å². The van der Waals surface area contributed by atoms with Gasteiger partial charge in [0.05, 0.1) is 0 Å². The third-order valence-electron chi connectivity index (χ3n) is 8.82. The van der Waals surface area contributed by atoms with Crippen molar-refractivity contribution >= 4 is 71.3 Å². The molecule has 0 aliphatic heterocycles. The van der Waals surface area contributed by atoms with Crippen LogP contribution in [0, 0.1) is 0 Å². The van der Waals surface area contributed by atoms with E-state index >= 15 is 0 Å². The SMILES string of the molecule is c1ccc(N(c2ccc(-c3cccc4c3oc3ccccc34)cc2)c2ccc3c(ccc4ccc5ccccc5c43)c2)cc1. The molecule has 206 valence electrons. The third kappa shape index (κ3) is 3.89. The van der Waals surface area contributed by atoms with Gasteiger partial charge in [0.15, 0.2) is 0 Å². The van der Waals surface area contributed by atoms with Gasteiger partial charge in [-0.1, -0.05) is 121 Å². The number of nitrogens with zero attached hydrogens (tertiary/aromatic N) is 1. The van der Waals surface area contributed by atoms with Crippen LogP contribution in [0.5, 0.6) is 0 Å². The second-order valence-corrected chi connectivity index (χ2v) is 11.4. The molecule has 2 heteroatoms. The molecule has 0 amide bonds. The topological polar surface area (TPSA) is 16.4 Å². The first kappa shape index (κ1) is 24.7. The van der Waals surface area contributed by atoms with Crippen LogP contribution in [0.15, 0.2) is 168 Å². The number of para-hydroxylation sites is 3. The maximum absolute atomic E-state index is 6.34. The molecule has 2 nitrogen and oxygen atoms in total. The number of fused-ring (bicyclic) bond motifs is 8. The third-order valence-corrected chi connectivity index (χ3v) is 8.82. The van der Waals surface area contributed by atoms with Crippen LogP contribution >= 0.6 is 0 Å². The van der Waals surface area contributed by atoms with Crippen molar-refractivity contribution in [3.8, 4) is 11.1 Å². The molecule has 0 aliphatic rings. The van der Waals surface area contributed by atoms with Crippen LogP contribution in [0.25, 0.3) is 65.4 Å². The Morgan fingerprint density at radius 3 is 1.89 bits per heavy atom. The van der Waals surface area contributed by atoms with Gasteiger partial charge in [-0.25, -0.2) is 0 Å². The molecule has 9 rings (SSSR count). The monoisotopic (exact) mass is 561 g/mol. The van der Waals surface area contributed by atoms with Gasteiger partial charge in [0.2, 0.25) is 0 Å². The molecule has 0 N–H and O–H groups in total. The smallest absolute Gasteiger partial charge is 0.143 e. The number of furan rings is 1. The lowest BCUT2D eigenvalue weighted by Crippen LogP contribution is -2.09. The fourth-order valence-electron chi connectivity index (χ4n) is 6.75. The Labute approximate surface area is 255 Å². The standard InChI is InChI=1S/C42H27NO/c1-2-10-32(11-3-1)43(34-25-26-36-31(27-34)20-19-30-18-17-28-9-4-5-12-35(28)41(30)36)33-23-21-29(22-24-33)37-14-8-15-39-38-13-6-7-16-40(38)44-42(37)39/h1-27H. The maximum Gasteiger partial charge on any atom is 0.143 e. The van der Waals surface area contributed by atoms with Crippen LogP contribution in [-0.4, -0.2) is 0 Å². The maximum atomic E-state index is 6.34. The molecule has 1 aromatic heterocycles. The van der Waals surface area contributed by atoms with E-state index < -0.39 is 0 Å². The molecular weight excluding hydrogens is 534 g/mol. The van der Waals surface area contributed by atoms with E-state index in [1.807, 2.05) is 12.1 Å². The fourth-order valence-corrected chi connectivity index (χ4v) is 6.75. The van der Waals surface area contributed by atoms with E-state index in [4.69, 9.17) is 4.42 Å². The highest BCUT2D eigenvalue weighted by Crippen LogP contribution is 2.41. The summed E-state index contributed by atoms with van der Waals surface area (Å²) in [5.74, 6) is 0. The number of hydrogen-bond donors (Lipinski definition) is 0. The molecular formula is C42H27NO. The summed E-state index contributed by atoms with van der Waals surface area (Å²) in [6.07, 6.45) is 0. The summed E-state index contributed by atoms with van der Waals surface area (Å²) >= 11 is 0. The minimum atomic E-state index is 0.916. The molecule has 9 aromatic rings. The molecule has 0 saturated heterocycles. The zero-order chi connectivity index (χ0) is 29.0. The van der Waals surface area contributed by atoms with Crippen LogP contribution in [-0.2, 0) is 0 Å². The average Bonchev–Trinajstić information content (AvgIpc) is 3.48. The van der Waals surface area contributed by atoms with Gasteiger partial charge in [-0.15, -0.1) is 0 Å². The van der Waals surface area contributed by atoms with Crippen molar-refractivity contribution in [3.05, 3.63) is 164 Å². The lowest BCUT2D eigenvalue weighted by molar-refractivity contribution is 0.670. The number of benzene rings is 8. The van der Waals surface area contributed by atoms with Crippen molar-refractivity contribution in [3.63, 3.8) is 0 Å². The summed E-state index contributed by atoms with van der Waals surface area (Å²) in [7, 11) is 0. The van der Waals surface area contributed by atoms with Crippen molar-refractivity contribution in [1.29, 1.82) is 0 Å². The Bertz CT molecular complexity index is 2490. The van der Waals surface area contributed by atoms with Gasteiger partial charge in [0, 0.05) is 33.4 Å². The van der Waals surface area contributed by atoms with Crippen molar-refractivity contribution < 1.29 is 4.42 Å². The van der Waals surface area contributed by atoms with E-state index in [-0.39, 0.29) is 0 Å². The van der Waals surface area contributed by atoms with Crippen LogP contribution in [0.2, 0.25) is 0 Å². The lowest BCUT2D eigenvalue weighted by atomic mass is 9.96. The van der Waals surface area contributed by atoms with Crippen molar-refractivity contribution in [1.82, 2.24) is 0 Å². The molecule has 0 bridgehead atoms. The molecule has 0 radical (unpaired) electrons. The number of hydrogen-bond acceptors (Lipinski definition) is 2. The van der Waals surface area contributed by atoms with Crippen LogP contribution in [0.1, 0.15) is 0 Å². The minimum Gasteiger partial charge on any atom is -0.455 e. The summed E-state index contributed by atoms with van der Waals surface area (Å²) in [5.41, 5.74) is 7.40. The second kappa shape index (κ2) is 9.86. The number of rotatable bonds is 4. The van der Waals surface area contributed by atoms with Gasteiger partial charge in [0.25, 0.3) is 0 Å². The highest BCUT2D eigenvalue weighted by Gasteiger charge is 2.16. The summed E-state index contributed by atoms with van der Waals surface area (Å²) in [4.78, 5) is 2.33. The summed E-state index contributed by atoms with van der Waals surface area (Å²) in [6.45, 7) is 0.